The molecule has 5 heteroatoms. The van der Waals surface area contributed by atoms with Crippen molar-refractivity contribution in [3.05, 3.63) is 11.1 Å². The van der Waals surface area contributed by atoms with Crippen molar-refractivity contribution in [1.29, 1.82) is 0 Å². The molecule has 1 N–H and O–H groups in total. The molecule has 1 aliphatic rings. The van der Waals surface area contributed by atoms with Gasteiger partial charge in [-0.05, 0) is 31.6 Å². The van der Waals surface area contributed by atoms with Gasteiger partial charge in [0.25, 0.3) is 0 Å². The second kappa shape index (κ2) is 6.89. The van der Waals surface area contributed by atoms with Gasteiger partial charge in [-0.15, -0.1) is 0 Å². The summed E-state index contributed by atoms with van der Waals surface area (Å²) in [6.07, 6.45) is 9.26. The number of nitrogens with zero attached hydrogens (tertiary/aromatic N) is 1. The van der Waals surface area contributed by atoms with E-state index in [2.05, 4.69) is 22.0 Å². The molecule has 2 rings (SSSR count). The Balaban J connectivity index is 1.82. The van der Waals surface area contributed by atoms with E-state index >= 15 is 0 Å². The van der Waals surface area contributed by atoms with E-state index in [1.807, 2.05) is 0 Å². The highest BCUT2D eigenvalue weighted by Crippen LogP contribution is 2.30. The number of ether oxygens (including phenoxy) is 1. The monoisotopic (exact) mass is 282 g/mol. The van der Waals surface area contributed by atoms with E-state index in [4.69, 9.17) is 0 Å². The predicted octanol–water partition coefficient (Wildman–Crippen LogP) is 3.70. The van der Waals surface area contributed by atoms with Crippen LogP contribution in [0.5, 0.6) is 0 Å². The van der Waals surface area contributed by atoms with Gasteiger partial charge in [-0.3, -0.25) is 0 Å². The summed E-state index contributed by atoms with van der Waals surface area (Å²) in [6.45, 7) is 2.26. The molecular weight excluding hydrogens is 260 g/mol. The predicted molar refractivity (Wildman–Crippen MR) is 77.7 cm³/mol. The smallest absolute Gasteiger partial charge is 0.349 e. The Labute approximate surface area is 118 Å². The van der Waals surface area contributed by atoms with Crippen LogP contribution in [0.25, 0.3) is 0 Å². The lowest BCUT2D eigenvalue weighted by atomic mass is 9.83. The molecule has 0 saturated heterocycles. The fourth-order valence-electron chi connectivity index (χ4n) is 2.71. The molecule has 0 atom stereocenters. The second-order valence-corrected chi connectivity index (χ2v) is 6.20. The van der Waals surface area contributed by atoms with E-state index in [0.29, 0.717) is 10.9 Å². The van der Waals surface area contributed by atoms with E-state index in [1.54, 1.807) is 6.20 Å². The van der Waals surface area contributed by atoms with E-state index in [1.165, 1.54) is 57.0 Å². The largest absolute Gasteiger partial charge is 0.465 e. The number of carbonyl (C=O) groups is 1. The Morgan fingerprint density at radius 1 is 1.47 bits per heavy atom. The fraction of sp³-hybridized carbons (Fsp3) is 0.714. The Hall–Kier alpha value is -1.10. The van der Waals surface area contributed by atoms with Crippen molar-refractivity contribution in [3.8, 4) is 0 Å². The summed E-state index contributed by atoms with van der Waals surface area (Å²) in [5.74, 6) is 0.599. The maximum Gasteiger partial charge on any atom is 0.349 e. The summed E-state index contributed by atoms with van der Waals surface area (Å²) in [6, 6.07) is 0.504. The zero-order valence-corrected chi connectivity index (χ0v) is 12.5. The number of hydrogen-bond acceptors (Lipinski definition) is 5. The highest BCUT2D eigenvalue weighted by molar-refractivity contribution is 7.17. The van der Waals surface area contributed by atoms with Crippen molar-refractivity contribution in [1.82, 2.24) is 4.98 Å². The third kappa shape index (κ3) is 3.93. The van der Waals surface area contributed by atoms with Crippen molar-refractivity contribution in [2.45, 2.75) is 51.5 Å². The Morgan fingerprint density at radius 2 is 2.21 bits per heavy atom. The van der Waals surface area contributed by atoms with Crippen LogP contribution < -0.4 is 5.32 Å². The number of aromatic nitrogens is 1. The Kier molecular flexibility index (Phi) is 5.19. The van der Waals surface area contributed by atoms with Crippen LogP contribution in [0, 0.1) is 5.92 Å². The zero-order valence-electron chi connectivity index (χ0n) is 11.6. The van der Waals surface area contributed by atoms with Gasteiger partial charge in [-0.25, -0.2) is 9.78 Å². The number of anilines is 1. The van der Waals surface area contributed by atoms with Crippen LogP contribution in [0.3, 0.4) is 0 Å². The molecule has 0 aliphatic heterocycles. The van der Waals surface area contributed by atoms with Crippen LogP contribution in [0.15, 0.2) is 6.20 Å². The van der Waals surface area contributed by atoms with Crippen LogP contribution >= 0.6 is 11.3 Å². The number of rotatable bonds is 5. The molecule has 1 aromatic heterocycles. The van der Waals surface area contributed by atoms with Gasteiger partial charge in [-0.1, -0.05) is 31.1 Å². The molecule has 0 amide bonds. The molecule has 1 aliphatic carbocycles. The first-order valence-electron chi connectivity index (χ1n) is 7.03. The number of nitrogens with one attached hydrogen (secondary N) is 1. The summed E-state index contributed by atoms with van der Waals surface area (Å²) in [7, 11) is 1.39. The lowest BCUT2D eigenvalue weighted by molar-refractivity contribution is 0.0606. The summed E-state index contributed by atoms with van der Waals surface area (Å²) < 4.78 is 4.68. The van der Waals surface area contributed by atoms with Gasteiger partial charge in [0.05, 0.1) is 13.3 Å². The molecular formula is C14H22N2O2S. The number of esters is 1. The van der Waals surface area contributed by atoms with Gasteiger partial charge >= 0.3 is 5.97 Å². The summed E-state index contributed by atoms with van der Waals surface area (Å²) >= 11 is 1.37. The topological polar surface area (TPSA) is 51.2 Å². The van der Waals surface area contributed by atoms with Gasteiger partial charge in [0.2, 0.25) is 0 Å². The minimum absolute atomic E-state index is 0.308. The van der Waals surface area contributed by atoms with Crippen molar-refractivity contribution < 1.29 is 9.53 Å². The average molecular weight is 282 g/mol. The molecule has 1 fully saturated rings. The van der Waals surface area contributed by atoms with Gasteiger partial charge in [0.1, 0.15) is 4.88 Å². The number of methoxy groups -OCH3 is 1. The quantitative estimate of drug-likeness (QED) is 0.837. The molecule has 4 nitrogen and oxygen atoms in total. The number of carbonyl (C=O) groups excluding carboxylic acids is 1. The molecule has 1 saturated carbocycles. The second-order valence-electron chi connectivity index (χ2n) is 5.17. The minimum atomic E-state index is -0.308. The SMILES string of the molecule is CCCC1CCC(Nc2ncc(C(=O)OC)s2)CC1. The highest BCUT2D eigenvalue weighted by Gasteiger charge is 2.21. The summed E-state index contributed by atoms with van der Waals surface area (Å²) in [4.78, 5) is 16.2. The molecule has 1 heterocycles. The average Bonchev–Trinajstić information content (AvgIpc) is 2.89. The van der Waals surface area contributed by atoms with Crippen molar-refractivity contribution in [2.75, 3.05) is 12.4 Å². The molecule has 0 spiro atoms. The first-order valence-corrected chi connectivity index (χ1v) is 7.85. The van der Waals surface area contributed by atoms with Crippen molar-refractivity contribution in [2.24, 2.45) is 5.92 Å². The number of thiazole rings is 1. The van der Waals surface area contributed by atoms with Crippen LogP contribution in [0.1, 0.15) is 55.1 Å². The van der Waals surface area contributed by atoms with Gasteiger partial charge < -0.3 is 10.1 Å². The summed E-state index contributed by atoms with van der Waals surface area (Å²) in [5, 5.41) is 4.28. The molecule has 1 aromatic rings. The molecule has 0 aromatic carbocycles. The van der Waals surface area contributed by atoms with E-state index in [-0.39, 0.29) is 5.97 Å². The lowest BCUT2D eigenvalue weighted by Gasteiger charge is -2.28. The summed E-state index contributed by atoms with van der Waals surface area (Å²) in [5.41, 5.74) is 0. The first kappa shape index (κ1) is 14.3. The van der Waals surface area contributed by atoms with Crippen LogP contribution in [0.4, 0.5) is 5.13 Å². The van der Waals surface area contributed by atoms with E-state index in [9.17, 15) is 4.79 Å². The van der Waals surface area contributed by atoms with Crippen LogP contribution in [-0.4, -0.2) is 24.1 Å². The maximum atomic E-state index is 11.4. The normalized spacial score (nSPS) is 23.1. The van der Waals surface area contributed by atoms with Gasteiger partial charge in [0.15, 0.2) is 5.13 Å². The third-order valence-electron chi connectivity index (χ3n) is 3.76. The van der Waals surface area contributed by atoms with Crippen LogP contribution in [-0.2, 0) is 4.74 Å². The Bertz CT molecular complexity index is 411. The third-order valence-corrected chi connectivity index (χ3v) is 4.67. The van der Waals surface area contributed by atoms with Crippen LogP contribution in [0.2, 0.25) is 0 Å². The minimum Gasteiger partial charge on any atom is -0.465 e. The molecule has 0 unspecified atom stereocenters. The lowest BCUT2D eigenvalue weighted by Crippen LogP contribution is -2.25. The highest BCUT2D eigenvalue weighted by atomic mass is 32.1. The molecule has 106 valence electrons. The van der Waals surface area contributed by atoms with Gasteiger partial charge in [-0.2, -0.15) is 0 Å². The number of hydrogen-bond donors (Lipinski definition) is 1. The zero-order chi connectivity index (χ0) is 13.7. The molecule has 0 bridgehead atoms. The van der Waals surface area contributed by atoms with E-state index in [0.717, 1.165) is 11.0 Å². The van der Waals surface area contributed by atoms with Crippen molar-refractivity contribution in [3.63, 3.8) is 0 Å². The fourth-order valence-corrected chi connectivity index (χ4v) is 3.53. The maximum absolute atomic E-state index is 11.4. The molecule has 0 radical (unpaired) electrons. The van der Waals surface area contributed by atoms with E-state index < -0.39 is 0 Å². The molecule has 19 heavy (non-hydrogen) atoms. The van der Waals surface area contributed by atoms with Crippen molar-refractivity contribution >= 4 is 22.4 Å². The standard InChI is InChI=1S/C14H22N2O2S/c1-3-4-10-5-7-11(8-6-10)16-14-15-9-12(19-14)13(17)18-2/h9-11H,3-8H2,1-2H3,(H,15,16). The first-order chi connectivity index (χ1) is 9.22. The van der Waals surface area contributed by atoms with Gasteiger partial charge in [0, 0.05) is 6.04 Å². The Morgan fingerprint density at radius 3 is 2.84 bits per heavy atom.